The van der Waals surface area contributed by atoms with Gasteiger partial charge in [0.1, 0.15) is 5.15 Å². The Morgan fingerprint density at radius 1 is 0.850 bits per heavy atom. The van der Waals surface area contributed by atoms with E-state index in [-0.39, 0.29) is 23.0 Å². The van der Waals surface area contributed by atoms with E-state index >= 15 is 0 Å². The lowest BCUT2D eigenvalue weighted by Gasteiger charge is -2.47. The van der Waals surface area contributed by atoms with Crippen molar-refractivity contribution in [2.45, 2.75) is 62.0 Å². The molecule has 4 aromatic rings. The van der Waals surface area contributed by atoms with E-state index in [1.165, 1.54) is 10.4 Å². The average Bonchev–Trinajstić information content (AvgIpc) is 2.97. The van der Waals surface area contributed by atoms with E-state index in [4.69, 9.17) is 16.0 Å². The van der Waals surface area contributed by atoms with Gasteiger partial charge in [0.15, 0.2) is 0 Å². The van der Waals surface area contributed by atoms with Crippen molar-refractivity contribution in [2.24, 2.45) is 5.92 Å². The van der Waals surface area contributed by atoms with Crippen LogP contribution in [0.4, 0.5) is 0 Å². The third-order valence-electron chi connectivity index (χ3n) is 8.26. The van der Waals surface area contributed by atoms with Crippen LogP contribution in [0.15, 0.2) is 114 Å². The monoisotopic (exact) mass is 587 g/mol. The van der Waals surface area contributed by atoms with Gasteiger partial charge in [0.05, 0.1) is 10.8 Å². The molecule has 1 aromatic heterocycles. The molecule has 0 aliphatic heterocycles. The lowest BCUT2D eigenvalue weighted by atomic mass is 9.75. The van der Waals surface area contributed by atoms with E-state index < -0.39 is 19.1 Å². The minimum Gasteiger partial charge on any atom is -0.404 e. The van der Waals surface area contributed by atoms with Gasteiger partial charge >= 0.3 is 0 Å². The predicted octanol–water partition coefficient (Wildman–Crippen LogP) is 7.37. The number of benzene rings is 3. The van der Waals surface area contributed by atoms with Gasteiger partial charge in [-0.15, -0.1) is 0 Å². The molecule has 1 aliphatic rings. The first-order chi connectivity index (χ1) is 19.3. The number of halogens is 1. The summed E-state index contributed by atoms with van der Waals surface area (Å²) in [6.07, 6.45) is 4.74. The fourth-order valence-corrected chi connectivity index (χ4v) is 12.6. The van der Waals surface area contributed by atoms with Crippen molar-refractivity contribution < 1.29 is 8.63 Å². The number of nitrogens with zero attached hydrogens (tertiary/aromatic N) is 1. The molecule has 6 heteroatoms. The van der Waals surface area contributed by atoms with E-state index in [1.54, 1.807) is 0 Å². The van der Waals surface area contributed by atoms with Gasteiger partial charge in [-0.1, -0.05) is 117 Å². The van der Waals surface area contributed by atoms with Crippen molar-refractivity contribution in [2.75, 3.05) is 5.75 Å². The molecule has 1 fully saturated rings. The predicted molar refractivity (Wildman–Crippen MR) is 170 cm³/mol. The Morgan fingerprint density at radius 2 is 1.43 bits per heavy atom. The van der Waals surface area contributed by atoms with Crippen molar-refractivity contribution in [1.82, 2.24) is 4.98 Å². The molecule has 1 heterocycles. The standard InChI is InChI=1S/C34H38ClNO2SSi/c1-34(2,3)40(30-15-9-5-10-16-30,31-17-11-6-12-18-31)38-28-21-19-27(25-39(37)29-13-7-4-8-14-29)32(23-28)26-20-22-33(35)36-24-26/h4-18,20,22,24,27-28,32H,19,21,23,25H2,1-3H3/t27-,28-,32-,39?/m0/s1. The van der Waals surface area contributed by atoms with Crippen LogP contribution in [-0.4, -0.2) is 29.4 Å². The smallest absolute Gasteiger partial charge is 0.261 e. The Bertz CT molecular complexity index is 1360. The highest BCUT2D eigenvalue weighted by molar-refractivity contribution is 7.85. The summed E-state index contributed by atoms with van der Waals surface area (Å²) < 4.78 is 21.0. The summed E-state index contributed by atoms with van der Waals surface area (Å²) in [5, 5.41) is 3.00. The molecule has 3 nitrogen and oxygen atoms in total. The number of hydrogen-bond acceptors (Lipinski definition) is 3. The summed E-state index contributed by atoms with van der Waals surface area (Å²) in [7, 11) is -3.74. The fourth-order valence-electron chi connectivity index (χ4n) is 6.32. The van der Waals surface area contributed by atoms with E-state index in [1.807, 2.05) is 42.6 Å². The molecule has 0 saturated heterocycles. The molecule has 4 atom stereocenters. The average molecular weight is 588 g/mol. The minimum absolute atomic E-state index is 0.0772. The molecular formula is C34H38ClNO2SSi. The molecule has 3 aromatic carbocycles. The Hall–Kier alpha value is -2.57. The number of hydrogen-bond donors (Lipinski definition) is 0. The Labute approximate surface area is 247 Å². The molecule has 0 bridgehead atoms. The summed E-state index contributed by atoms with van der Waals surface area (Å²) in [5.41, 5.74) is 1.15. The van der Waals surface area contributed by atoms with Gasteiger partial charge in [0, 0.05) is 22.9 Å². The van der Waals surface area contributed by atoms with Gasteiger partial charge in [-0.05, 0) is 70.3 Å². The lowest BCUT2D eigenvalue weighted by molar-refractivity contribution is 0.111. The highest BCUT2D eigenvalue weighted by Gasteiger charge is 2.52. The zero-order valence-corrected chi connectivity index (χ0v) is 26.1. The molecule has 0 N–H and O–H groups in total. The Kier molecular flexibility index (Phi) is 9.06. The summed E-state index contributed by atoms with van der Waals surface area (Å²) in [6, 6.07) is 35.5. The molecule has 5 rings (SSSR count). The van der Waals surface area contributed by atoms with Gasteiger partial charge in [0.2, 0.25) is 0 Å². The minimum atomic E-state index is -2.68. The summed E-state index contributed by atoms with van der Waals surface area (Å²) in [6.45, 7) is 6.98. The zero-order valence-electron chi connectivity index (χ0n) is 23.5. The first-order valence-corrected chi connectivity index (χ1v) is 17.7. The van der Waals surface area contributed by atoms with E-state index in [9.17, 15) is 4.21 Å². The topological polar surface area (TPSA) is 39.2 Å². The molecular weight excluding hydrogens is 550 g/mol. The third-order valence-corrected chi connectivity index (χ3v) is 15.1. The van der Waals surface area contributed by atoms with Crippen molar-refractivity contribution in [3.05, 3.63) is 120 Å². The first kappa shape index (κ1) is 28.9. The highest BCUT2D eigenvalue weighted by Crippen LogP contribution is 2.44. The van der Waals surface area contributed by atoms with Crippen LogP contribution in [0.5, 0.6) is 0 Å². The Morgan fingerprint density at radius 3 is 1.95 bits per heavy atom. The number of aromatic nitrogens is 1. The molecule has 208 valence electrons. The van der Waals surface area contributed by atoms with Crippen LogP contribution in [-0.2, 0) is 15.2 Å². The first-order valence-electron chi connectivity index (χ1n) is 14.1. The lowest BCUT2D eigenvalue weighted by Crippen LogP contribution is -2.68. The van der Waals surface area contributed by atoms with Crippen LogP contribution in [0.2, 0.25) is 10.2 Å². The van der Waals surface area contributed by atoms with Crippen molar-refractivity contribution in [3.63, 3.8) is 0 Å². The third kappa shape index (κ3) is 6.18. The number of rotatable bonds is 8. The van der Waals surface area contributed by atoms with Gasteiger partial charge in [-0.2, -0.15) is 0 Å². The van der Waals surface area contributed by atoms with Gasteiger partial charge in [0.25, 0.3) is 8.32 Å². The van der Waals surface area contributed by atoms with Crippen LogP contribution >= 0.6 is 11.6 Å². The maximum atomic E-state index is 13.4. The van der Waals surface area contributed by atoms with Crippen LogP contribution < -0.4 is 10.4 Å². The van der Waals surface area contributed by atoms with Crippen LogP contribution in [0.1, 0.15) is 51.5 Å². The summed E-state index contributed by atoms with van der Waals surface area (Å²) >= 11 is 6.17. The van der Waals surface area contributed by atoms with Crippen molar-refractivity contribution in [1.29, 1.82) is 0 Å². The molecule has 40 heavy (non-hydrogen) atoms. The number of pyridine rings is 1. The van der Waals surface area contributed by atoms with E-state index in [2.05, 4.69) is 92.5 Å². The molecule has 0 radical (unpaired) electrons. The second-order valence-electron chi connectivity index (χ2n) is 11.8. The van der Waals surface area contributed by atoms with E-state index in [0.29, 0.717) is 10.9 Å². The largest absolute Gasteiger partial charge is 0.404 e. The zero-order chi connectivity index (χ0) is 28.2. The van der Waals surface area contributed by atoms with Crippen LogP contribution in [0.3, 0.4) is 0 Å². The SMILES string of the molecule is CC(C)(C)[Si](O[C@H]1CC[C@@H](CS(=O)c2ccccc2)[C@H](c2ccc(Cl)nc2)C1)(c1ccccc1)c1ccccc1. The van der Waals surface area contributed by atoms with Gasteiger partial charge < -0.3 is 4.43 Å². The molecule has 0 amide bonds. The molecule has 1 saturated carbocycles. The molecule has 1 aliphatic carbocycles. The summed E-state index contributed by atoms with van der Waals surface area (Å²) in [5.74, 6) is 1.08. The maximum absolute atomic E-state index is 13.4. The normalized spacial score (nSPS) is 20.6. The van der Waals surface area contributed by atoms with Gasteiger partial charge in [-0.3, -0.25) is 4.21 Å². The molecule has 1 unspecified atom stereocenters. The van der Waals surface area contributed by atoms with Crippen LogP contribution in [0.25, 0.3) is 0 Å². The fraction of sp³-hybridized carbons (Fsp3) is 0.324. The Balaban J connectivity index is 1.50. The van der Waals surface area contributed by atoms with E-state index in [0.717, 1.165) is 29.7 Å². The summed E-state index contributed by atoms with van der Waals surface area (Å²) in [4.78, 5) is 5.31. The van der Waals surface area contributed by atoms with Crippen molar-refractivity contribution >= 4 is 41.1 Å². The quantitative estimate of drug-likeness (QED) is 0.160. The van der Waals surface area contributed by atoms with Crippen LogP contribution in [0, 0.1) is 5.92 Å². The van der Waals surface area contributed by atoms with Crippen molar-refractivity contribution in [3.8, 4) is 0 Å². The van der Waals surface area contributed by atoms with Gasteiger partial charge in [-0.25, -0.2) is 4.98 Å². The molecule has 0 spiro atoms. The second-order valence-corrected chi connectivity index (χ2v) is 18.0. The second kappa shape index (κ2) is 12.5. The maximum Gasteiger partial charge on any atom is 0.261 e. The highest BCUT2D eigenvalue weighted by atomic mass is 35.5.